The van der Waals surface area contributed by atoms with E-state index in [0.29, 0.717) is 6.10 Å². The Labute approximate surface area is 109 Å². The Morgan fingerprint density at radius 1 is 1.22 bits per heavy atom. The lowest BCUT2D eigenvalue weighted by Crippen LogP contribution is -2.34. The molecule has 1 aliphatic heterocycles. The number of aryl methyl sites for hydroxylation is 1. The second-order valence-corrected chi connectivity index (χ2v) is 4.80. The van der Waals surface area contributed by atoms with Crippen molar-refractivity contribution in [2.75, 3.05) is 20.2 Å². The number of rotatable bonds is 5. The summed E-state index contributed by atoms with van der Waals surface area (Å²) in [7, 11) is 1.71. The van der Waals surface area contributed by atoms with Crippen LogP contribution in [0.2, 0.25) is 0 Å². The molecule has 1 aromatic rings. The summed E-state index contributed by atoms with van der Waals surface area (Å²) in [5.74, 6) is 1.74. The van der Waals surface area contributed by atoms with Gasteiger partial charge in [0, 0.05) is 0 Å². The fourth-order valence-corrected chi connectivity index (χ4v) is 2.35. The highest BCUT2D eigenvalue weighted by Gasteiger charge is 2.16. The topological polar surface area (TPSA) is 30.5 Å². The van der Waals surface area contributed by atoms with Crippen LogP contribution >= 0.6 is 0 Å². The summed E-state index contributed by atoms with van der Waals surface area (Å²) in [6.07, 6.45) is 4.69. The van der Waals surface area contributed by atoms with E-state index in [4.69, 9.17) is 9.47 Å². The Balaban J connectivity index is 2.06. The van der Waals surface area contributed by atoms with Gasteiger partial charge >= 0.3 is 0 Å². The maximum Gasteiger partial charge on any atom is 0.161 e. The molecule has 2 rings (SSSR count). The van der Waals surface area contributed by atoms with E-state index in [2.05, 4.69) is 24.4 Å². The molecule has 3 nitrogen and oxygen atoms in total. The number of piperidine rings is 1. The molecular weight excluding hydrogens is 226 g/mol. The van der Waals surface area contributed by atoms with Crippen LogP contribution in [-0.4, -0.2) is 26.3 Å². The monoisotopic (exact) mass is 249 g/mol. The van der Waals surface area contributed by atoms with Crippen molar-refractivity contribution < 1.29 is 9.47 Å². The third-order valence-electron chi connectivity index (χ3n) is 3.35. The molecule has 1 N–H and O–H groups in total. The number of benzene rings is 1. The van der Waals surface area contributed by atoms with E-state index in [-0.39, 0.29) is 0 Å². The third-order valence-corrected chi connectivity index (χ3v) is 3.35. The standard InChI is InChI=1S/C15H23NO2/c1-3-4-12-5-6-14(15(11-12)17-2)18-13-7-9-16-10-8-13/h5-6,11,13,16H,3-4,7-10H2,1-2H3. The first-order valence-electron chi connectivity index (χ1n) is 6.87. The molecule has 0 bridgehead atoms. The van der Waals surface area contributed by atoms with E-state index in [0.717, 1.165) is 50.3 Å². The first-order chi connectivity index (χ1) is 8.83. The minimum atomic E-state index is 0.317. The van der Waals surface area contributed by atoms with Crippen molar-refractivity contribution in [3.05, 3.63) is 23.8 Å². The van der Waals surface area contributed by atoms with E-state index in [1.165, 1.54) is 5.56 Å². The van der Waals surface area contributed by atoms with Gasteiger partial charge in [0.25, 0.3) is 0 Å². The predicted molar refractivity (Wildman–Crippen MR) is 73.5 cm³/mol. The zero-order valence-electron chi connectivity index (χ0n) is 11.4. The van der Waals surface area contributed by atoms with Crippen LogP contribution in [0, 0.1) is 0 Å². The van der Waals surface area contributed by atoms with Crippen molar-refractivity contribution >= 4 is 0 Å². The van der Waals surface area contributed by atoms with Crippen molar-refractivity contribution in [2.24, 2.45) is 0 Å². The molecule has 0 radical (unpaired) electrons. The summed E-state index contributed by atoms with van der Waals surface area (Å²) >= 11 is 0. The Bertz CT molecular complexity index is 373. The van der Waals surface area contributed by atoms with Gasteiger partial charge in [-0.05, 0) is 50.0 Å². The Kier molecular flexibility index (Phi) is 4.88. The number of hydrogen-bond donors (Lipinski definition) is 1. The van der Waals surface area contributed by atoms with Gasteiger partial charge in [0.2, 0.25) is 0 Å². The summed E-state index contributed by atoms with van der Waals surface area (Å²) in [6.45, 7) is 4.27. The fraction of sp³-hybridized carbons (Fsp3) is 0.600. The second kappa shape index (κ2) is 6.64. The third kappa shape index (κ3) is 3.39. The first-order valence-corrected chi connectivity index (χ1v) is 6.87. The number of ether oxygens (including phenoxy) is 2. The highest BCUT2D eigenvalue weighted by molar-refractivity contribution is 5.43. The average molecular weight is 249 g/mol. The molecule has 0 aliphatic carbocycles. The van der Waals surface area contributed by atoms with Gasteiger partial charge in [-0.15, -0.1) is 0 Å². The number of hydrogen-bond acceptors (Lipinski definition) is 3. The van der Waals surface area contributed by atoms with Gasteiger partial charge < -0.3 is 14.8 Å². The maximum atomic E-state index is 6.05. The highest BCUT2D eigenvalue weighted by Crippen LogP contribution is 2.30. The van der Waals surface area contributed by atoms with Crippen LogP contribution in [0.5, 0.6) is 11.5 Å². The van der Waals surface area contributed by atoms with Crippen molar-refractivity contribution in [2.45, 2.75) is 38.7 Å². The van der Waals surface area contributed by atoms with E-state index >= 15 is 0 Å². The molecular formula is C15H23NO2. The molecule has 1 aromatic carbocycles. The van der Waals surface area contributed by atoms with Crippen molar-refractivity contribution in [3.8, 4) is 11.5 Å². The van der Waals surface area contributed by atoms with Gasteiger partial charge in [-0.1, -0.05) is 19.4 Å². The molecule has 100 valence electrons. The summed E-state index contributed by atoms with van der Waals surface area (Å²) in [5, 5.41) is 3.34. The lowest BCUT2D eigenvalue weighted by Gasteiger charge is -2.24. The van der Waals surface area contributed by atoms with Crippen molar-refractivity contribution in [1.29, 1.82) is 0 Å². The Hall–Kier alpha value is -1.22. The van der Waals surface area contributed by atoms with Crippen molar-refractivity contribution in [1.82, 2.24) is 5.32 Å². The predicted octanol–water partition coefficient (Wildman–Crippen LogP) is 2.78. The van der Waals surface area contributed by atoms with Crippen molar-refractivity contribution in [3.63, 3.8) is 0 Å². The Morgan fingerprint density at radius 2 is 2.00 bits per heavy atom. The smallest absolute Gasteiger partial charge is 0.161 e. The molecule has 0 atom stereocenters. The summed E-state index contributed by atoms with van der Waals surface area (Å²) in [5.41, 5.74) is 1.31. The van der Waals surface area contributed by atoms with Crippen LogP contribution < -0.4 is 14.8 Å². The number of methoxy groups -OCH3 is 1. The van der Waals surface area contributed by atoms with Gasteiger partial charge in [-0.3, -0.25) is 0 Å². The van der Waals surface area contributed by atoms with Crippen LogP contribution in [0.25, 0.3) is 0 Å². The maximum absolute atomic E-state index is 6.05. The van der Waals surface area contributed by atoms with Gasteiger partial charge in [0.15, 0.2) is 11.5 Å². The number of nitrogens with one attached hydrogen (secondary N) is 1. The normalized spacial score (nSPS) is 16.6. The second-order valence-electron chi connectivity index (χ2n) is 4.80. The summed E-state index contributed by atoms with van der Waals surface area (Å²) in [4.78, 5) is 0. The largest absolute Gasteiger partial charge is 0.493 e. The van der Waals surface area contributed by atoms with Gasteiger partial charge in [0.05, 0.1) is 7.11 Å². The first kappa shape index (κ1) is 13.2. The Morgan fingerprint density at radius 3 is 2.67 bits per heavy atom. The van der Waals surface area contributed by atoms with Crippen LogP contribution in [0.4, 0.5) is 0 Å². The van der Waals surface area contributed by atoms with E-state index in [1.807, 2.05) is 6.07 Å². The fourth-order valence-electron chi connectivity index (χ4n) is 2.35. The molecule has 3 heteroatoms. The minimum absolute atomic E-state index is 0.317. The zero-order chi connectivity index (χ0) is 12.8. The molecule has 0 saturated carbocycles. The summed E-state index contributed by atoms with van der Waals surface area (Å²) < 4.78 is 11.5. The van der Waals surface area contributed by atoms with Crippen LogP contribution in [0.3, 0.4) is 0 Å². The van der Waals surface area contributed by atoms with Gasteiger partial charge in [-0.25, -0.2) is 0 Å². The molecule has 0 amide bonds. The molecule has 1 saturated heterocycles. The molecule has 0 unspecified atom stereocenters. The molecule has 0 aromatic heterocycles. The SMILES string of the molecule is CCCc1ccc(OC2CCNCC2)c(OC)c1. The molecule has 1 fully saturated rings. The molecule has 18 heavy (non-hydrogen) atoms. The van der Waals surface area contributed by atoms with E-state index < -0.39 is 0 Å². The van der Waals surface area contributed by atoms with Gasteiger partial charge in [-0.2, -0.15) is 0 Å². The average Bonchev–Trinajstić information content (AvgIpc) is 2.42. The molecule has 0 spiro atoms. The zero-order valence-corrected chi connectivity index (χ0v) is 11.4. The van der Waals surface area contributed by atoms with Crippen LogP contribution in [0.15, 0.2) is 18.2 Å². The van der Waals surface area contributed by atoms with Gasteiger partial charge in [0.1, 0.15) is 6.10 Å². The summed E-state index contributed by atoms with van der Waals surface area (Å²) in [6, 6.07) is 6.29. The lowest BCUT2D eigenvalue weighted by atomic mass is 10.1. The quantitative estimate of drug-likeness (QED) is 0.870. The van der Waals surface area contributed by atoms with Crippen LogP contribution in [-0.2, 0) is 6.42 Å². The van der Waals surface area contributed by atoms with E-state index in [9.17, 15) is 0 Å². The van der Waals surface area contributed by atoms with Crippen LogP contribution in [0.1, 0.15) is 31.7 Å². The lowest BCUT2D eigenvalue weighted by molar-refractivity contribution is 0.156. The molecule has 1 aliphatic rings. The highest BCUT2D eigenvalue weighted by atomic mass is 16.5. The minimum Gasteiger partial charge on any atom is -0.493 e. The molecule has 1 heterocycles. The van der Waals surface area contributed by atoms with E-state index in [1.54, 1.807) is 7.11 Å².